The minimum atomic E-state index is -0.457. The minimum absolute atomic E-state index is 0.00236. The fourth-order valence-electron chi connectivity index (χ4n) is 3.19. The molecule has 1 aliphatic carbocycles. The van der Waals surface area contributed by atoms with Crippen molar-refractivity contribution in [1.82, 2.24) is 4.90 Å². The predicted octanol–water partition coefficient (Wildman–Crippen LogP) is 3.33. The predicted molar refractivity (Wildman–Crippen MR) is 71.1 cm³/mol. The van der Waals surface area contributed by atoms with Gasteiger partial charge in [-0.15, -0.1) is 6.42 Å². The number of terminal acetylenes is 1. The largest absolute Gasteiger partial charge is 0.444 e. The molecule has 2 rings (SSSR count). The molecule has 100 valence electrons. The summed E-state index contributed by atoms with van der Waals surface area (Å²) in [7, 11) is 0. The molecule has 0 radical (unpaired) electrons. The SMILES string of the molecule is C#CC1CC2(CCCCC2)N1C(=O)OC(C)(C)C. The molecule has 1 saturated heterocycles. The van der Waals surface area contributed by atoms with Gasteiger partial charge in [-0.3, -0.25) is 4.90 Å². The average molecular weight is 249 g/mol. The van der Waals surface area contributed by atoms with Crippen LogP contribution in [0.4, 0.5) is 4.79 Å². The molecule has 1 saturated carbocycles. The van der Waals surface area contributed by atoms with E-state index in [1.54, 1.807) is 0 Å². The van der Waals surface area contributed by atoms with Crippen LogP contribution in [-0.2, 0) is 4.74 Å². The maximum atomic E-state index is 12.3. The van der Waals surface area contributed by atoms with Gasteiger partial charge in [0.05, 0.1) is 11.6 Å². The number of rotatable bonds is 0. The zero-order chi connectivity index (χ0) is 13.4. The maximum Gasteiger partial charge on any atom is 0.411 e. The first kappa shape index (κ1) is 13.3. The molecular formula is C15H23NO2. The van der Waals surface area contributed by atoms with E-state index in [4.69, 9.17) is 11.2 Å². The Bertz CT molecular complexity index is 369. The molecule has 1 unspecified atom stereocenters. The van der Waals surface area contributed by atoms with Gasteiger partial charge in [0.2, 0.25) is 0 Å². The fourth-order valence-corrected chi connectivity index (χ4v) is 3.19. The molecule has 1 heterocycles. The molecule has 1 atom stereocenters. The summed E-state index contributed by atoms with van der Waals surface area (Å²) in [6.45, 7) is 5.68. The Morgan fingerprint density at radius 3 is 2.44 bits per heavy atom. The number of hydrogen-bond acceptors (Lipinski definition) is 2. The molecule has 0 aromatic rings. The third-order valence-electron chi connectivity index (χ3n) is 3.96. The van der Waals surface area contributed by atoms with Gasteiger partial charge in [0.25, 0.3) is 0 Å². The molecule has 1 spiro atoms. The van der Waals surface area contributed by atoms with Crippen LogP contribution in [0.1, 0.15) is 59.3 Å². The van der Waals surface area contributed by atoms with Crippen LogP contribution in [-0.4, -0.2) is 28.2 Å². The van der Waals surface area contributed by atoms with Gasteiger partial charge in [-0.05, 0) is 33.6 Å². The summed E-state index contributed by atoms with van der Waals surface area (Å²) in [5.41, 5.74) is -0.459. The van der Waals surface area contributed by atoms with Crippen molar-refractivity contribution in [1.29, 1.82) is 0 Å². The molecule has 18 heavy (non-hydrogen) atoms. The van der Waals surface area contributed by atoms with Gasteiger partial charge in [-0.1, -0.05) is 25.2 Å². The molecule has 0 bridgehead atoms. The lowest BCUT2D eigenvalue weighted by Gasteiger charge is -2.58. The van der Waals surface area contributed by atoms with Crippen molar-refractivity contribution in [2.75, 3.05) is 0 Å². The number of hydrogen-bond donors (Lipinski definition) is 0. The number of carbonyl (C=O) groups excluding carboxylic acids is 1. The van der Waals surface area contributed by atoms with E-state index in [0.717, 1.165) is 19.3 Å². The van der Waals surface area contributed by atoms with E-state index in [0.29, 0.717) is 0 Å². The summed E-state index contributed by atoms with van der Waals surface area (Å²) in [5, 5.41) is 0. The monoisotopic (exact) mass is 249 g/mol. The Balaban J connectivity index is 2.11. The summed E-state index contributed by atoms with van der Waals surface area (Å²) in [6.07, 6.45) is 12.0. The van der Waals surface area contributed by atoms with E-state index in [9.17, 15) is 4.79 Å². The van der Waals surface area contributed by atoms with E-state index in [1.165, 1.54) is 19.3 Å². The quantitative estimate of drug-likeness (QED) is 0.616. The van der Waals surface area contributed by atoms with Crippen molar-refractivity contribution in [3.05, 3.63) is 0 Å². The van der Waals surface area contributed by atoms with Crippen LogP contribution in [0.2, 0.25) is 0 Å². The third-order valence-corrected chi connectivity index (χ3v) is 3.96. The summed E-state index contributed by atoms with van der Waals surface area (Å²) in [5.74, 6) is 2.71. The second-order valence-electron chi connectivity index (χ2n) is 6.52. The summed E-state index contributed by atoms with van der Waals surface area (Å²) in [6, 6.07) is -0.0713. The van der Waals surface area contributed by atoms with Gasteiger partial charge in [0.15, 0.2) is 0 Å². The van der Waals surface area contributed by atoms with Crippen molar-refractivity contribution < 1.29 is 9.53 Å². The summed E-state index contributed by atoms with van der Waals surface area (Å²) < 4.78 is 5.49. The second-order valence-corrected chi connectivity index (χ2v) is 6.52. The fraction of sp³-hybridized carbons (Fsp3) is 0.800. The molecule has 2 fully saturated rings. The van der Waals surface area contributed by atoms with Crippen molar-refractivity contribution in [3.63, 3.8) is 0 Å². The molecule has 0 aromatic carbocycles. The first-order valence-corrected chi connectivity index (χ1v) is 6.86. The lowest BCUT2D eigenvalue weighted by Crippen LogP contribution is -2.68. The van der Waals surface area contributed by atoms with Gasteiger partial charge < -0.3 is 4.74 Å². The Morgan fingerprint density at radius 2 is 1.94 bits per heavy atom. The smallest absolute Gasteiger partial charge is 0.411 e. The van der Waals surface area contributed by atoms with Gasteiger partial charge in [-0.2, -0.15) is 0 Å². The summed E-state index contributed by atoms with van der Waals surface area (Å²) >= 11 is 0. The zero-order valence-electron chi connectivity index (χ0n) is 11.7. The average Bonchev–Trinajstić information content (AvgIpc) is 2.24. The Labute approximate surface area is 110 Å². The lowest BCUT2D eigenvalue weighted by atomic mass is 9.69. The highest BCUT2D eigenvalue weighted by atomic mass is 16.6. The summed E-state index contributed by atoms with van der Waals surface area (Å²) in [4.78, 5) is 14.1. The first-order chi connectivity index (χ1) is 8.38. The lowest BCUT2D eigenvalue weighted by molar-refractivity contribution is -0.0791. The molecular weight excluding hydrogens is 226 g/mol. The number of nitrogens with zero attached hydrogens (tertiary/aromatic N) is 1. The zero-order valence-corrected chi connectivity index (χ0v) is 11.7. The van der Waals surface area contributed by atoms with Gasteiger partial charge >= 0.3 is 6.09 Å². The minimum Gasteiger partial charge on any atom is -0.444 e. The van der Waals surface area contributed by atoms with Crippen LogP contribution in [0.15, 0.2) is 0 Å². The van der Waals surface area contributed by atoms with Crippen LogP contribution in [0.3, 0.4) is 0 Å². The van der Waals surface area contributed by atoms with Crippen molar-refractivity contribution >= 4 is 6.09 Å². The van der Waals surface area contributed by atoms with Crippen molar-refractivity contribution in [3.8, 4) is 12.3 Å². The van der Waals surface area contributed by atoms with Crippen LogP contribution >= 0.6 is 0 Å². The number of likely N-dealkylation sites (tertiary alicyclic amines) is 1. The molecule has 0 N–H and O–H groups in total. The molecule has 1 aliphatic heterocycles. The Hall–Kier alpha value is -1.17. The van der Waals surface area contributed by atoms with E-state index in [-0.39, 0.29) is 17.7 Å². The number of carbonyl (C=O) groups is 1. The number of ether oxygens (including phenoxy) is 1. The number of amides is 1. The van der Waals surface area contributed by atoms with E-state index in [2.05, 4.69) is 5.92 Å². The topological polar surface area (TPSA) is 29.5 Å². The highest BCUT2D eigenvalue weighted by Gasteiger charge is 2.54. The van der Waals surface area contributed by atoms with Crippen LogP contribution < -0.4 is 0 Å². The maximum absolute atomic E-state index is 12.3. The van der Waals surface area contributed by atoms with E-state index < -0.39 is 5.60 Å². The van der Waals surface area contributed by atoms with Crippen LogP contribution in [0.25, 0.3) is 0 Å². The molecule has 0 aromatic heterocycles. The van der Waals surface area contributed by atoms with Crippen molar-refractivity contribution in [2.45, 2.75) is 76.5 Å². The normalized spacial score (nSPS) is 26.3. The second kappa shape index (κ2) is 4.50. The van der Waals surface area contributed by atoms with Crippen LogP contribution in [0, 0.1) is 12.3 Å². The van der Waals surface area contributed by atoms with E-state index in [1.807, 2.05) is 25.7 Å². The highest BCUT2D eigenvalue weighted by molar-refractivity contribution is 5.72. The molecule has 3 heteroatoms. The van der Waals surface area contributed by atoms with Gasteiger partial charge in [0, 0.05) is 6.42 Å². The Morgan fingerprint density at radius 1 is 1.33 bits per heavy atom. The highest BCUT2D eigenvalue weighted by Crippen LogP contribution is 2.47. The third kappa shape index (κ3) is 2.34. The Kier molecular flexibility index (Phi) is 3.31. The standard InChI is InChI=1S/C15H23NO2/c1-5-12-11-15(9-7-6-8-10-15)16(12)13(17)18-14(2,3)4/h1,12H,6-11H2,2-4H3. The molecule has 1 amide bonds. The first-order valence-electron chi connectivity index (χ1n) is 6.86. The van der Waals surface area contributed by atoms with Gasteiger partial charge in [-0.25, -0.2) is 4.79 Å². The van der Waals surface area contributed by atoms with Crippen LogP contribution in [0.5, 0.6) is 0 Å². The molecule has 2 aliphatic rings. The van der Waals surface area contributed by atoms with E-state index >= 15 is 0 Å². The van der Waals surface area contributed by atoms with Gasteiger partial charge in [0.1, 0.15) is 5.60 Å². The van der Waals surface area contributed by atoms with Crippen molar-refractivity contribution in [2.24, 2.45) is 0 Å². The molecule has 3 nitrogen and oxygen atoms in total.